The fourth-order valence-corrected chi connectivity index (χ4v) is 2.49. The van der Waals surface area contributed by atoms with E-state index in [4.69, 9.17) is 4.74 Å². The molecule has 1 saturated heterocycles. The summed E-state index contributed by atoms with van der Waals surface area (Å²) in [7, 11) is 1.48. The number of thioether (sulfide) groups is 1. The molecule has 0 radical (unpaired) electrons. The monoisotopic (exact) mass is 231 g/mol. The highest BCUT2D eigenvalue weighted by molar-refractivity contribution is 7.98. The van der Waals surface area contributed by atoms with Crippen LogP contribution in [-0.2, 0) is 9.53 Å². The minimum absolute atomic E-state index is 0.0191. The van der Waals surface area contributed by atoms with Crippen molar-refractivity contribution in [1.82, 2.24) is 4.90 Å². The molecule has 0 amide bonds. The normalized spacial score (nSPS) is 22.7. The Balaban J connectivity index is 2.39. The maximum atomic E-state index is 11.5. The fraction of sp³-hybridized carbons (Fsp3) is 0.909. The number of esters is 1. The van der Waals surface area contributed by atoms with Gasteiger partial charge in [-0.2, -0.15) is 11.8 Å². The summed E-state index contributed by atoms with van der Waals surface area (Å²) in [5.74, 6) is 1.11. The number of ether oxygens (including phenoxy) is 1. The van der Waals surface area contributed by atoms with Crippen LogP contribution in [0.5, 0.6) is 0 Å². The van der Waals surface area contributed by atoms with E-state index in [1.807, 2.05) is 11.8 Å². The number of piperidine rings is 1. The highest BCUT2D eigenvalue weighted by Crippen LogP contribution is 2.18. The Morgan fingerprint density at radius 2 is 2.33 bits per heavy atom. The summed E-state index contributed by atoms with van der Waals surface area (Å²) >= 11 is 1.86. The van der Waals surface area contributed by atoms with Gasteiger partial charge in [-0.25, -0.2) is 0 Å². The Kier molecular flexibility index (Phi) is 6.10. The van der Waals surface area contributed by atoms with Gasteiger partial charge in [0.25, 0.3) is 0 Å². The summed E-state index contributed by atoms with van der Waals surface area (Å²) < 4.78 is 4.84. The molecule has 0 aliphatic carbocycles. The summed E-state index contributed by atoms with van der Waals surface area (Å²) in [6.45, 7) is 2.08. The van der Waals surface area contributed by atoms with Crippen molar-refractivity contribution in [3.8, 4) is 0 Å². The zero-order valence-electron chi connectivity index (χ0n) is 9.70. The molecule has 3 nitrogen and oxygen atoms in total. The molecule has 0 bridgehead atoms. The Morgan fingerprint density at radius 1 is 1.53 bits per heavy atom. The summed E-state index contributed by atoms with van der Waals surface area (Å²) in [6, 6.07) is 0.0191. The van der Waals surface area contributed by atoms with Crippen molar-refractivity contribution in [2.45, 2.75) is 31.7 Å². The first-order valence-corrected chi connectivity index (χ1v) is 6.99. The van der Waals surface area contributed by atoms with Crippen LogP contribution in [0.4, 0.5) is 0 Å². The van der Waals surface area contributed by atoms with Crippen LogP contribution in [0, 0.1) is 0 Å². The van der Waals surface area contributed by atoms with Gasteiger partial charge < -0.3 is 4.74 Å². The molecule has 1 aliphatic rings. The van der Waals surface area contributed by atoms with Gasteiger partial charge in [0.2, 0.25) is 0 Å². The molecule has 1 fully saturated rings. The standard InChI is InChI=1S/C11H21NO2S/c1-14-11(13)10-6-3-4-7-12(10)8-5-9-15-2/h10H,3-9H2,1-2H3/t10-/m1/s1. The Labute approximate surface area is 96.5 Å². The average Bonchev–Trinajstić information content (AvgIpc) is 2.29. The topological polar surface area (TPSA) is 29.5 Å². The lowest BCUT2D eigenvalue weighted by Crippen LogP contribution is -2.45. The van der Waals surface area contributed by atoms with Crippen LogP contribution >= 0.6 is 11.8 Å². The molecule has 0 unspecified atom stereocenters. The summed E-state index contributed by atoms with van der Waals surface area (Å²) in [5.41, 5.74) is 0. The second-order valence-electron chi connectivity index (χ2n) is 3.92. The smallest absolute Gasteiger partial charge is 0.323 e. The number of hydrogen-bond donors (Lipinski definition) is 0. The average molecular weight is 231 g/mol. The lowest BCUT2D eigenvalue weighted by atomic mass is 10.0. The molecule has 1 rings (SSSR count). The molecule has 0 aromatic heterocycles. The quantitative estimate of drug-likeness (QED) is 0.533. The van der Waals surface area contributed by atoms with E-state index in [1.165, 1.54) is 19.3 Å². The lowest BCUT2D eigenvalue weighted by molar-refractivity contribution is -0.148. The largest absolute Gasteiger partial charge is 0.468 e. The van der Waals surface area contributed by atoms with E-state index in [0.29, 0.717) is 0 Å². The maximum absolute atomic E-state index is 11.5. The first-order chi connectivity index (χ1) is 7.29. The van der Waals surface area contributed by atoms with Crippen LogP contribution in [0.25, 0.3) is 0 Å². The SMILES string of the molecule is COC(=O)[C@H]1CCCCN1CCCSC. The van der Waals surface area contributed by atoms with E-state index >= 15 is 0 Å². The molecule has 1 aliphatic heterocycles. The van der Waals surface area contributed by atoms with E-state index in [1.54, 1.807) is 0 Å². The van der Waals surface area contributed by atoms with Crippen molar-refractivity contribution in [2.24, 2.45) is 0 Å². The molecule has 15 heavy (non-hydrogen) atoms. The molecule has 4 heteroatoms. The number of nitrogens with zero attached hydrogens (tertiary/aromatic N) is 1. The van der Waals surface area contributed by atoms with Crippen molar-refractivity contribution in [1.29, 1.82) is 0 Å². The predicted octanol–water partition coefficient (Wildman–Crippen LogP) is 1.77. The maximum Gasteiger partial charge on any atom is 0.323 e. The Hall–Kier alpha value is -0.220. The predicted molar refractivity (Wildman–Crippen MR) is 64.2 cm³/mol. The van der Waals surface area contributed by atoms with Crippen molar-refractivity contribution in [2.75, 3.05) is 32.2 Å². The Morgan fingerprint density at radius 3 is 3.00 bits per heavy atom. The second-order valence-corrected chi connectivity index (χ2v) is 4.90. The number of methoxy groups -OCH3 is 1. The molecule has 0 saturated carbocycles. The van der Waals surface area contributed by atoms with Crippen LogP contribution < -0.4 is 0 Å². The first kappa shape index (κ1) is 12.8. The van der Waals surface area contributed by atoms with Crippen molar-refractivity contribution < 1.29 is 9.53 Å². The van der Waals surface area contributed by atoms with Crippen LogP contribution in [0.2, 0.25) is 0 Å². The van der Waals surface area contributed by atoms with Gasteiger partial charge in [-0.3, -0.25) is 9.69 Å². The van der Waals surface area contributed by atoms with E-state index in [-0.39, 0.29) is 12.0 Å². The molecule has 1 atom stereocenters. The molecule has 1 heterocycles. The van der Waals surface area contributed by atoms with Gasteiger partial charge >= 0.3 is 5.97 Å². The van der Waals surface area contributed by atoms with Crippen molar-refractivity contribution >= 4 is 17.7 Å². The molecule has 0 aromatic rings. The van der Waals surface area contributed by atoms with Crippen molar-refractivity contribution in [3.05, 3.63) is 0 Å². The number of likely N-dealkylation sites (tertiary alicyclic amines) is 1. The summed E-state index contributed by atoms with van der Waals surface area (Å²) in [4.78, 5) is 13.8. The van der Waals surface area contributed by atoms with Crippen molar-refractivity contribution in [3.63, 3.8) is 0 Å². The van der Waals surface area contributed by atoms with Gasteiger partial charge in [0.1, 0.15) is 6.04 Å². The van der Waals surface area contributed by atoms with E-state index in [2.05, 4.69) is 11.2 Å². The van der Waals surface area contributed by atoms with Crippen LogP contribution in [0.15, 0.2) is 0 Å². The molecular weight excluding hydrogens is 210 g/mol. The summed E-state index contributed by atoms with van der Waals surface area (Å²) in [6.07, 6.45) is 6.61. The molecule has 0 aromatic carbocycles. The van der Waals surface area contributed by atoms with Crippen LogP contribution in [0.1, 0.15) is 25.7 Å². The van der Waals surface area contributed by atoms with Gasteiger partial charge in [-0.05, 0) is 44.4 Å². The number of rotatable bonds is 5. The lowest BCUT2D eigenvalue weighted by Gasteiger charge is -2.33. The molecular formula is C11H21NO2S. The zero-order valence-corrected chi connectivity index (χ0v) is 10.5. The zero-order chi connectivity index (χ0) is 11.1. The van der Waals surface area contributed by atoms with E-state index in [0.717, 1.165) is 32.4 Å². The third-order valence-corrected chi connectivity index (χ3v) is 3.58. The third-order valence-electron chi connectivity index (χ3n) is 2.88. The van der Waals surface area contributed by atoms with E-state index in [9.17, 15) is 4.79 Å². The minimum Gasteiger partial charge on any atom is -0.468 e. The number of hydrogen-bond acceptors (Lipinski definition) is 4. The highest BCUT2D eigenvalue weighted by Gasteiger charge is 2.28. The first-order valence-electron chi connectivity index (χ1n) is 5.60. The number of carbonyl (C=O) groups excluding carboxylic acids is 1. The van der Waals surface area contributed by atoms with Gasteiger partial charge in [0, 0.05) is 0 Å². The summed E-state index contributed by atoms with van der Waals surface area (Å²) in [5, 5.41) is 0. The van der Waals surface area contributed by atoms with Crippen LogP contribution in [-0.4, -0.2) is 49.1 Å². The van der Waals surface area contributed by atoms with Gasteiger partial charge in [0.05, 0.1) is 7.11 Å². The van der Waals surface area contributed by atoms with Gasteiger partial charge in [0.15, 0.2) is 0 Å². The third kappa shape index (κ3) is 4.03. The fourth-order valence-electron chi connectivity index (χ4n) is 2.07. The van der Waals surface area contributed by atoms with Crippen LogP contribution in [0.3, 0.4) is 0 Å². The second kappa shape index (κ2) is 7.12. The van der Waals surface area contributed by atoms with Gasteiger partial charge in [-0.15, -0.1) is 0 Å². The highest BCUT2D eigenvalue weighted by atomic mass is 32.2. The molecule has 88 valence electrons. The molecule has 0 spiro atoms. The Bertz CT molecular complexity index is 199. The number of carbonyl (C=O) groups is 1. The van der Waals surface area contributed by atoms with E-state index < -0.39 is 0 Å². The molecule has 0 N–H and O–H groups in total. The minimum atomic E-state index is -0.0566. The van der Waals surface area contributed by atoms with Gasteiger partial charge in [-0.1, -0.05) is 6.42 Å².